The molecule has 0 saturated carbocycles. The third-order valence-corrected chi connectivity index (χ3v) is 2.33. The topological polar surface area (TPSA) is 23.1 Å². The van der Waals surface area contributed by atoms with E-state index in [-0.39, 0.29) is 0 Å². The van der Waals surface area contributed by atoms with Crippen LogP contribution < -0.4 is 0 Å². The molecule has 2 heteroatoms. The molecule has 0 unspecified atom stereocenters. The summed E-state index contributed by atoms with van der Waals surface area (Å²) in [6.07, 6.45) is 5.00. The van der Waals surface area contributed by atoms with Gasteiger partial charge in [0.1, 0.15) is 11.5 Å². The van der Waals surface area contributed by atoms with Gasteiger partial charge in [-0.2, -0.15) is 0 Å². The predicted octanol–water partition coefficient (Wildman–Crippen LogP) is 0.610. The molecule has 0 amide bonds. The van der Waals surface area contributed by atoms with Gasteiger partial charge in [-0.3, -0.25) is 0 Å². The SMILES string of the molecule is [O-][S+]1CC[C]CC1. The smallest absolute Gasteiger partial charge is 0.106 e. The number of hydrogen-bond donors (Lipinski definition) is 0. The van der Waals surface area contributed by atoms with E-state index < -0.39 is 11.2 Å². The summed E-state index contributed by atoms with van der Waals surface area (Å²) < 4.78 is 10.5. The molecule has 0 spiro atoms. The lowest BCUT2D eigenvalue weighted by atomic mass is 10.3. The van der Waals surface area contributed by atoms with Crippen molar-refractivity contribution >= 4 is 11.2 Å². The Kier molecular flexibility index (Phi) is 2.00. The first-order valence-corrected chi connectivity index (χ1v) is 3.94. The van der Waals surface area contributed by atoms with Gasteiger partial charge in [0.2, 0.25) is 0 Å². The molecular weight excluding hydrogens is 108 g/mol. The van der Waals surface area contributed by atoms with Crippen LogP contribution in [0, 0.1) is 6.42 Å². The lowest BCUT2D eigenvalue weighted by Gasteiger charge is -2.13. The summed E-state index contributed by atoms with van der Waals surface area (Å²) in [5, 5.41) is 0. The fourth-order valence-electron chi connectivity index (χ4n) is 0.599. The van der Waals surface area contributed by atoms with E-state index in [2.05, 4.69) is 6.42 Å². The predicted molar refractivity (Wildman–Crippen MR) is 30.4 cm³/mol. The molecule has 0 atom stereocenters. The van der Waals surface area contributed by atoms with Crippen molar-refractivity contribution in [2.24, 2.45) is 0 Å². The highest BCUT2D eigenvalue weighted by Gasteiger charge is 2.10. The quantitative estimate of drug-likeness (QED) is 0.425. The van der Waals surface area contributed by atoms with E-state index in [4.69, 9.17) is 0 Å². The maximum atomic E-state index is 10.5. The van der Waals surface area contributed by atoms with Gasteiger partial charge in [0, 0.05) is 0 Å². The molecule has 0 bridgehead atoms. The first kappa shape index (κ1) is 5.45. The highest BCUT2D eigenvalue weighted by molar-refractivity contribution is 7.91. The van der Waals surface area contributed by atoms with Crippen molar-refractivity contribution in [3.63, 3.8) is 0 Å². The van der Waals surface area contributed by atoms with Gasteiger partial charge in [0.15, 0.2) is 0 Å². The third kappa shape index (κ3) is 1.70. The third-order valence-electron chi connectivity index (χ3n) is 1.01. The summed E-state index contributed by atoms with van der Waals surface area (Å²) in [4.78, 5) is 0. The van der Waals surface area contributed by atoms with Gasteiger partial charge in [0.25, 0.3) is 0 Å². The van der Waals surface area contributed by atoms with E-state index >= 15 is 0 Å². The molecule has 1 heterocycles. The molecule has 0 aliphatic carbocycles. The molecule has 1 saturated heterocycles. The fourth-order valence-corrected chi connectivity index (χ4v) is 1.55. The standard InChI is InChI=1S/C5H8OS/c6-7-4-2-1-3-5-7/h2-5H2. The molecule has 2 radical (unpaired) electrons. The summed E-state index contributed by atoms with van der Waals surface area (Å²) in [6, 6.07) is 0. The van der Waals surface area contributed by atoms with E-state index in [0.717, 1.165) is 24.3 Å². The van der Waals surface area contributed by atoms with Gasteiger partial charge in [-0.05, 0) is 19.3 Å². The summed E-state index contributed by atoms with van der Waals surface area (Å²) in [6.45, 7) is 0. The van der Waals surface area contributed by atoms with Crippen LogP contribution in [0.25, 0.3) is 0 Å². The van der Waals surface area contributed by atoms with Crippen LogP contribution in [0.2, 0.25) is 0 Å². The Bertz CT molecular complexity index is 50.0. The van der Waals surface area contributed by atoms with E-state index in [9.17, 15) is 4.55 Å². The van der Waals surface area contributed by atoms with Gasteiger partial charge in [-0.15, -0.1) is 0 Å². The summed E-state index contributed by atoms with van der Waals surface area (Å²) in [5.41, 5.74) is 0. The van der Waals surface area contributed by atoms with Crippen LogP contribution in [0.4, 0.5) is 0 Å². The summed E-state index contributed by atoms with van der Waals surface area (Å²) >= 11 is -0.503. The molecular formula is C5H8OS. The maximum absolute atomic E-state index is 10.5. The normalized spacial score (nSPS) is 25.3. The van der Waals surface area contributed by atoms with Gasteiger partial charge in [-0.25, -0.2) is 0 Å². The average Bonchev–Trinajstić information content (AvgIpc) is 1.69. The molecule has 40 valence electrons. The molecule has 1 aliphatic rings. The van der Waals surface area contributed by atoms with E-state index in [0.29, 0.717) is 0 Å². The lowest BCUT2D eigenvalue weighted by Crippen LogP contribution is -2.16. The second-order valence-electron chi connectivity index (χ2n) is 1.60. The molecule has 0 aromatic carbocycles. The number of rotatable bonds is 0. The largest absolute Gasteiger partial charge is 0.616 e. The zero-order chi connectivity index (χ0) is 5.11. The summed E-state index contributed by atoms with van der Waals surface area (Å²) in [7, 11) is 0. The Hall–Kier alpha value is 0.310. The average molecular weight is 116 g/mol. The Morgan fingerprint density at radius 3 is 2.14 bits per heavy atom. The van der Waals surface area contributed by atoms with Gasteiger partial charge in [0.05, 0.1) is 0 Å². The molecule has 0 N–H and O–H groups in total. The van der Waals surface area contributed by atoms with Crippen molar-refractivity contribution in [3.8, 4) is 0 Å². The molecule has 1 fully saturated rings. The Morgan fingerprint density at radius 2 is 1.86 bits per heavy atom. The van der Waals surface area contributed by atoms with Crippen molar-refractivity contribution in [1.82, 2.24) is 0 Å². The van der Waals surface area contributed by atoms with Crippen LogP contribution in [-0.4, -0.2) is 16.1 Å². The minimum Gasteiger partial charge on any atom is -0.616 e. The first-order valence-electron chi connectivity index (χ1n) is 2.45. The maximum Gasteiger partial charge on any atom is 0.106 e. The van der Waals surface area contributed by atoms with E-state index in [1.165, 1.54) is 0 Å². The molecule has 0 aromatic rings. The molecule has 1 rings (SSSR count). The Balaban J connectivity index is 2.12. The van der Waals surface area contributed by atoms with E-state index in [1.54, 1.807) is 0 Å². The molecule has 1 nitrogen and oxygen atoms in total. The second kappa shape index (κ2) is 2.58. The zero-order valence-electron chi connectivity index (χ0n) is 4.14. The summed E-state index contributed by atoms with van der Waals surface area (Å²) in [5.74, 6) is 1.69. The molecule has 0 aromatic heterocycles. The van der Waals surface area contributed by atoms with Crippen LogP contribution in [0.3, 0.4) is 0 Å². The van der Waals surface area contributed by atoms with Gasteiger partial charge < -0.3 is 4.55 Å². The van der Waals surface area contributed by atoms with Crippen molar-refractivity contribution in [2.75, 3.05) is 11.5 Å². The van der Waals surface area contributed by atoms with Crippen LogP contribution >= 0.6 is 0 Å². The number of hydrogen-bond acceptors (Lipinski definition) is 1. The Labute approximate surface area is 47.3 Å². The monoisotopic (exact) mass is 116 g/mol. The van der Waals surface area contributed by atoms with Crippen molar-refractivity contribution in [2.45, 2.75) is 12.8 Å². The second-order valence-corrected chi connectivity index (χ2v) is 3.29. The highest BCUT2D eigenvalue weighted by Crippen LogP contribution is 2.08. The highest BCUT2D eigenvalue weighted by atomic mass is 32.2. The van der Waals surface area contributed by atoms with Crippen molar-refractivity contribution in [1.29, 1.82) is 0 Å². The van der Waals surface area contributed by atoms with Gasteiger partial charge >= 0.3 is 0 Å². The van der Waals surface area contributed by atoms with Crippen molar-refractivity contribution in [3.05, 3.63) is 6.42 Å². The van der Waals surface area contributed by atoms with Crippen LogP contribution in [0.5, 0.6) is 0 Å². The van der Waals surface area contributed by atoms with Gasteiger partial charge in [-0.1, -0.05) is 11.2 Å². The van der Waals surface area contributed by atoms with Crippen LogP contribution in [0.15, 0.2) is 0 Å². The van der Waals surface area contributed by atoms with Crippen molar-refractivity contribution < 1.29 is 4.55 Å². The first-order chi connectivity index (χ1) is 3.39. The Morgan fingerprint density at radius 1 is 1.29 bits per heavy atom. The van der Waals surface area contributed by atoms with Crippen LogP contribution in [-0.2, 0) is 11.2 Å². The fraction of sp³-hybridized carbons (Fsp3) is 0.800. The minimum absolute atomic E-state index is 0.503. The molecule has 7 heavy (non-hydrogen) atoms. The van der Waals surface area contributed by atoms with E-state index in [1.807, 2.05) is 0 Å². The minimum atomic E-state index is -0.503. The molecule has 1 aliphatic heterocycles. The lowest BCUT2D eigenvalue weighted by molar-refractivity contribution is 0.587. The zero-order valence-corrected chi connectivity index (χ0v) is 4.96. The van der Waals surface area contributed by atoms with Crippen LogP contribution in [0.1, 0.15) is 12.8 Å².